The molecule has 0 radical (unpaired) electrons. The fraction of sp³-hybridized carbons (Fsp3) is 0.375. The Bertz CT molecular complexity index is 693. The van der Waals surface area contributed by atoms with E-state index in [1.54, 1.807) is 6.20 Å². The molecule has 0 aliphatic heterocycles. The van der Waals surface area contributed by atoms with Crippen LogP contribution in [0.1, 0.15) is 18.4 Å². The molecule has 1 N–H and O–H groups in total. The van der Waals surface area contributed by atoms with Gasteiger partial charge in [0.2, 0.25) is 5.91 Å². The van der Waals surface area contributed by atoms with Crippen LogP contribution in [0.25, 0.3) is 11.3 Å². The number of aryl methyl sites for hydroxylation is 1. The summed E-state index contributed by atoms with van der Waals surface area (Å²) in [5.74, 6) is 0.445. The maximum Gasteiger partial charge on any atom is 0.419 e. The van der Waals surface area contributed by atoms with Crippen LogP contribution in [0.15, 0.2) is 39.7 Å². The molecule has 1 aromatic carbocycles. The molecule has 1 heterocycles. The summed E-state index contributed by atoms with van der Waals surface area (Å²) in [6.07, 6.45) is 3.96. The van der Waals surface area contributed by atoms with Gasteiger partial charge in [-0.3, -0.25) is 9.36 Å². The minimum absolute atomic E-state index is 0.000907. The molecular formula is C16H18N2O3. The van der Waals surface area contributed by atoms with Crippen molar-refractivity contribution in [2.75, 3.05) is 6.54 Å². The maximum absolute atomic E-state index is 11.8. The van der Waals surface area contributed by atoms with E-state index >= 15 is 0 Å². The average Bonchev–Trinajstić information content (AvgIpc) is 3.22. The minimum atomic E-state index is -0.507. The molecule has 2 aromatic rings. The highest BCUT2D eigenvalue weighted by molar-refractivity contribution is 5.75. The van der Waals surface area contributed by atoms with Crippen LogP contribution >= 0.6 is 0 Å². The molecule has 0 bridgehead atoms. The molecule has 0 spiro atoms. The van der Waals surface area contributed by atoms with Crippen LogP contribution in [0.3, 0.4) is 0 Å². The van der Waals surface area contributed by atoms with E-state index in [4.69, 9.17) is 4.42 Å². The van der Waals surface area contributed by atoms with Gasteiger partial charge in [0.15, 0.2) is 5.76 Å². The topological polar surface area (TPSA) is 64.2 Å². The van der Waals surface area contributed by atoms with Crippen LogP contribution in [-0.2, 0) is 11.3 Å². The van der Waals surface area contributed by atoms with Crippen molar-refractivity contribution in [3.05, 3.63) is 46.6 Å². The predicted octanol–water partition coefficient (Wildman–Crippen LogP) is 1.94. The van der Waals surface area contributed by atoms with Crippen molar-refractivity contribution in [3.8, 4) is 11.3 Å². The van der Waals surface area contributed by atoms with Gasteiger partial charge in [-0.05, 0) is 25.7 Å². The largest absolute Gasteiger partial charge is 0.419 e. The van der Waals surface area contributed by atoms with Crippen molar-refractivity contribution >= 4 is 5.91 Å². The quantitative estimate of drug-likeness (QED) is 0.913. The number of aromatic nitrogens is 1. The number of amides is 1. The van der Waals surface area contributed by atoms with Crippen LogP contribution in [0, 0.1) is 12.8 Å². The molecule has 0 unspecified atom stereocenters. The average molecular weight is 286 g/mol. The highest BCUT2D eigenvalue weighted by Crippen LogP contribution is 2.27. The van der Waals surface area contributed by atoms with E-state index < -0.39 is 5.76 Å². The molecule has 1 amide bonds. The zero-order valence-corrected chi connectivity index (χ0v) is 12.0. The first-order chi connectivity index (χ1) is 10.1. The van der Waals surface area contributed by atoms with Crippen LogP contribution in [0.5, 0.6) is 0 Å². The third-order valence-electron chi connectivity index (χ3n) is 3.64. The Morgan fingerprint density at radius 1 is 1.33 bits per heavy atom. The minimum Gasteiger partial charge on any atom is -0.408 e. The summed E-state index contributed by atoms with van der Waals surface area (Å²) in [5, 5.41) is 2.84. The number of rotatable bonds is 5. The van der Waals surface area contributed by atoms with Gasteiger partial charge in [-0.25, -0.2) is 4.79 Å². The van der Waals surface area contributed by atoms with Crippen LogP contribution in [0.4, 0.5) is 0 Å². The fourth-order valence-electron chi connectivity index (χ4n) is 2.13. The molecule has 1 aliphatic carbocycles. The van der Waals surface area contributed by atoms with Crippen molar-refractivity contribution in [2.24, 2.45) is 5.92 Å². The summed E-state index contributed by atoms with van der Waals surface area (Å²) in [4.78, 5) is 23.6. The summed E-state index contributed by atoms with van der Waals surface area (Å²) in [6, 6.07) is 7.69. The van der Waals surface area contributed by atoms with Gasteiger partial charge in [0.05, 0.1) is 6.20 Å². The molecular weight excluding hydrogens is 268 g/mol. The monoisotopic (exact) mass is 286 g/mol. The molecule has 1 saturated carbocycles. The Hall–Kier alpha value is -2.30. The highest BCUT2D eigenvalue weighted by Gasteiger charge is 2.21. The number of nitrogens with one attached hydrogen (secondary N) is 1. The molecule has 21 heavy (non-hydrogen) atoms. The fourth-order valence-corrected chi connectivity index (χ4v) is 2.13. The third-order valence-corrected chi connectivity index (χ3v) is 3.64. The summed E-state index contributed by atoms with van der Waals surface area (Å²) >= 11 is 0. The Balaban J connectivity index is 1.70. The number of nitrogens with zero attached hydrogens (tertiary/aromatic N) is 1. The van der Waals surface area contributed by atoms with E-state index in [0.29, 0.717) is 18.2 Å². The Morgan fingerprint density at radius 2 is 2.05 bits per heavy atom. The van der Waals surface area contributed by atoms with Gasteiger partial charge in [-0.2, -0.15) is 0 Å². The SMILES string of the molecule is Cc1ccc(-c2cn(CC(=O)NCC3CC3)c(=O)o2)cc1. The second-order valence-corrected chi connectivity index (χ2v) is 5.60. The lowest BCUT2D eigenvalue weighted by molar-refractivity contribution is -0.121. The maximum atomic E-state index is 11.8. The van der Waals surface area contributed by atoms with E-state index in [1.807, 2.05) is 31.2 Å². The zero-order chi connectivity index (χ0) is 14.8. The molecule has 5 nitrogen and oxygen atoms in total. The van der Waals surface area contributed by atoms with Gasteiger partial charge in [-0.15, -0.1) is 0 Å². The van der Waals surface area contributed by atoms with Crippen LogP contribution in [0.2, 0.25) is 0 Å². The van der Waals surface area contributed by atoms with Gasteiger partial charge in [0.25, 0.3) is 0 Å². The first-order valence-electron chi connectivity index (χ1n) is 7.16. The first-order valence-corrected chi connectivity index (χ1v) is 7.16. The Morgan fingerprint density at radius 3 is 2.71 bits per heavy atom. The number of oxazole rings is 1. The van der Waals surface area contributed by atoms with Crippen molar-refractivity contribution < 1.29 is 9.21 Å². The standard InChI is InChI=1S/C16H18N2O3/c1-11-2-6-13(7-3-11)14-9-18(16(20)21-14)10-15(19)17-8-12-4-5-12/h2-3,6-7,9,12H,4-5,8,10H2,1H3,(H,17,19). The van der Waals surface area contributed by atoms with Crippen molar-refractivity contribution in [1.29, 1.82) is 0 Å². The highest BCUT2D eigenvalue weighted by atomic mass is 16.4. The lowest BCUT2D eigenvalue weighted by Crippen LogP contribution is -2.31. The van der Waals surface area contributed by atoms with Crippen molar-refractivity contribution in [2.45, 2.75) is 26.3 Å². The molecule has 5 heteroatoms. The smallest absolute Gasteiger partial charge is 0.408 e. The lowest BCUT2D eigenvalue weighted by atomic mass is 10.1. The Kier molecular flexibility index (Phi) is 3.64. The van der Waals surface area contributed by atoms with E-state index in [2.05, 4.69) is 5.32 Å². The molecule has 1 aliphatic rings. The number of carbonyl (C=O) groups excluding carboxylic acids is 1. The third kappa shape index (κ3) is 3.42. The van der Waals surface area contributed by atoms with Crippen molar-refractivity contribution in [3.63, 3.8) is 0 Å². The van der Waals surface area contributed by atoms with Crippen molar-refractivity contribution in [1.82, 2.24) is 9.88 Å². The summed E-state index contributed by atoms with van der Waals surface area (Å²) in [6.45, 7) is 2.70. The molecule has 1 fully saturated rings. The van der Waals surface area contributed by atoms with E-state index in [-0.39, 0.29) is 12.5 Å². The van der Waals surface area contributed by atoms with E-state index in [1.165, 1.54) is 17.4 Å². The first kappa shape index (κ1) is 13.7. The zero-order valence-electron chi connectivity index (χ0n) is 12.0. The van der Waals surface area contributed by atoms with Gasteiger partial charge in [-0.1, -0.05) is 29.8 Å². The van der Waals surface area contributed by atoms with Gasteiger partial charge in [0, 0.05) is 12.1 Å². The summed E-state index contributed by atoms with van der Waals surface area (Å²) < 4.78 is 6.51. The second kappa shape index (κ2) is 5.60. The number of carbonyl (C=O) groups is 1. The summed E-state index contributed by atoms with van der Waals surface area (Å²) in [7, 11) is 0. The van der Waals surface area contributed by atoms with Crippen LogP contribution < -0.4 is 11.1 Å². The van der Waals surface area contributed by atoms with Gasteiger partial charge in [0.1, 0.15) is 6.54 Å². The molecule has 110 valence electrons. The number of hydrogen-bond acceptors (Lipinski definition) is 3. The predicted molar refractivity (Wildman–Crippen MR) is 78.9 cm³/mol. The number of benzene rings is 1. The molecule has 0 atom stereocenters. The van der Waals surface area contributed by atoms with Gasteiger partial charge < -0.3 is 9.73 Å². The molecule has 3 rings (SSSR count). The summed E-state index contributed by atoms with van der Waals surface area (Å²) in [5.41, 5.74) is 1.97. The molecule has 1 aromatic heterocycles. The molecule has 0 saturated heterocycles. The normalized spacial score (nSPS) is 14.1. The number of hydrogen-bond donors (Lipinski definition) is 1. The second-order valence-electron chi connectivity index (χ2n) is 5.60. The Labute approximate surface area is 122 Å². The van der Waals surface area contributed by atoms with E-state index in [9.17, 15) is 9.59 Å². The van der Waals surface area contributed by atoms with Crippen LogP contribution in [-0.4, -0.2) is 17.0 Å². The lowest BCUT2D eigenvalue weighted by Gasteiger charge is -2.03. The van der Waals surface area contributed by atoms with Gasteiger partial charge >= 0.3 is 5.76 Å². The van der Waals surface area contributed by atoms with E-state index in [0.717, 1.165) is 11.1 Å².